The first-order valence-electron chi connectivity index (χ1n) is 8.86. The summed E-state index contributed by atoms with van der Waals surface area (Å²) in [5.74, 6) is 0.00891. The largest absolute Gasteiger partial charge is 0.391 e. The van der Waals surface area contributed by atoms with Crippen molar-refractivity contribution in [2.24, 2.45) is 5.92 Å². The molecule has 1 aliphatic rings. The Hall–Kier alpha value is -2.48. The number of rotatable bonds is 5. The highest BCUT2D eigenvalue weighted by Gasteiger charge is 2.34. The summed E-state index contributed by atoms with van der Waals surface area (Å²) in [6, 6.07) is 1.96. The lowest BCUT2D eigenvalue weighted by atomic mass is 10.00. The number of carbonyl (C=O) groups excluding carboxylic acids is 1. The van der Waals surface area contributed by atoms with Crippen molar-refractivity contribution in [2.75, 3.05) is 13.1 Å². The van der Waals surface area contributed by atoms with E-state index in [9.17, 15) is 14.7 Å². The molecule has 0 aromatic carbocycles. The van der Waals surface area contributed by atoms with Crippen LogP contribution in [0.15, 0.2) is 10.9 Å². The van der Waals surface area contributed by atoms with Crippen molar-refractivity contribution in [2.45, 2.75) is 46.1 Å². The minimum absolute atomic E-state index is 0.000121. The number of aliphatic hydroxyl groups is 1. The normalized spacial score (nSPS) is 19.9. The van der Waals surface area contributed by atoms with Crippen LogP contribution in [0.2, 0.25) is 0 Å². The van der Waals surface area contributed by atoms with Crippen molar-refractivity contribution in [3.63, 3.8) is 0 Å². The Labute approximate surface area is 151 Å². The van der Waals surface area contributed by atoms with Gasteiger partial charge in [-0.1, -0.05) is 0 Å². The number of aromatic nitrogens is 4. The maximum Gasteiger partial charge on any atom is 0.345 e. The van der Waals surface area contributed by atoms with Gasteiger partial charge in [0.25, 0.3) is 0 Å². The van der Waals surface area contributed by atoms with Crippen molar-refractivity contribution in [1.29, 1.82) is 0 Å². The Kier molecular flexibility index (Phi) is 5.22. The van der Waals surface area contributed by atoms with Gasteiger partial charge in [0.15, 0.2) is 0 Å². The first-order chi connectivity index (χ1) is 12.3. The van der Waals surface area contributed by atoms with Gasteiger partial charge in [0.1, 0.15) is 0 Å². The molecular weight excluding hydrogens is 334 g/mol. The van der Waals surface area contributed by atoms with Crippen LogP contribution in [0.1, 0.15) is 34.8 Å². The summed E-state index contributed by atoms with van der Waals surface area (Å²) in [6.45, 7) is 6.43. The lowest BCUT2D eigenvalue weighted by Crippen LogP contribution is -2.30. The third-order valence-electron chi connectivity index (χ3n) is 5.03. The second kappa shape index (κ2) is 7.41. The number of nitrogens with zero attached hydrogens (tertiary/aromatic N) is 3. The van der Waals surface area contributed by atoms with E-state index in [0.717, 1.165) is 22.6 Å². The Morgan fingerprint density at radius 3 is 2.77 bits per heavy atom. The van der Waals surface area contributed by atoms with E-state index >= 15 is 0 Å². The molecule has 2 aromatic heterocycles. The molecule has 1 saturated heterocycles. The zero-order valence-corrected chi connectivity index (χ0v) is 15.4. The summed E-state index contributed by atoms with van der Waals surface area (Å²) in [7, 11) is 0. The van der Waals surface area contributed by atoms with Gasteiger partial charge in [-0.25, -0.2) is 4.79 Å². The fraction of sp³-hybridized carbons (Fsp3) is 0.556. The van der Waals surface area contributed by atoms with Gasteiger partial charge >= 0.3 is 5.69 Å². The number of aryl methyl sites for hydroxylation is 3. The van der Waals surface area contributed by atoms with E-state index in [0.29, 0.717) is 38.0 Å². The number of carbonyl (C=O) groups is 1. The smallest absolute Gasteiger partial charge is 0.345 e. The summed E-state index contributed by atoms with van der Waals surface area (Å²) in [6.07, 6.45) is 0.971. The molecule has 8 nitrogen and oxygen atoms in total. The molecule has 3 rings (SSSR count). The Morgan fingerprint density at radius 1 is 1.35 bits per heavy atom. The molecule has 0 radical (unpaired) electrons. The third-order valence-corrected chi connectivity index (χ3v) is 5.03. The average molecular weight is 359 g/mol. The number of H-pyrrole nitrogens is 2. The predicted molar refractivity (Wildman–Crippen MR) is 95.8 cm³/mol. The topological polar surface area (TPSA) is 115 Å². The van der Waals surface area contributed by atoms with Crippen molar-refractivity contribution < 1.29 is 9.90 Å². The summed E-state index contributed by atoms with van der Waals surface area (Å²) in [5.41, 5.74) is 3.85. The molecule has 0 unspecified atom stereocenters. The molecule has 26 heavy (non-hydrogen) atoms. The molecule has 8 heteroatoms. The van der Waals surface area contributed by atoms with E-state index < -0.39 is 6.10 Å². The predicted octanol–water partition coefficient (Wildman–Crippen LogP) is 0.413. The molecule has 2 atom stereocenters. The van der Waals surface area contributed by atoms with E-state index in [1.165, 1.54) is 0 Å². The van der Waals surface area contributed by atoms with Crippen molar-refractivity contribution in [1.82, 2.24) is 25.1 Å². The number of amides is 1. The van der Waals surface area contributed by atoms with E-state index in [1.807, 2.05) is 19.9 Å². The van der Waals surface area contributed by atoms with Crippen LogP contribution in [0, 0.1) is 26.7 Å². The number of likely N-dealkylation sites (tertiary alicyclic amines) is 1. The molecule has 3 heterocycles. The van der Waals surface area contributed by atoms with Crippen LogP contribution in [0.3, 0.4) is 0 Å². The number of nitrogens with one attached hydrogen (secondary N) is 2. The number of aliphatic hydroxyl groups excluding tert-OH is 1. The molecule has 0 aliphatic carbocycles. The van der Waals surface area contributed by atoms with Gasteiger partial charge < -0.3 is 15.0 Å². The van der Waals surface area contributed by atoms with Crippen molar-refractivity contribution in [3.8, 4) is 0 Å². The summed E-state index contributed by atoms with van der Waals surface area (Å²) in [4.78, 5) is 32.2. The number of hydrogen-bond donors (Lipinski definition) is 3. The maximum atomic E-state index is 12.6. The molecule has 1 aliphatic heterocycles. The average Bonchev–Trinajstić information content (AvgIpc) is 3.12. The summed E-state index contributed by atoms with van der Waals surface area (Å²) in [5, 5.41) is 17.4. The van der Waals surface area contributed by atoms with Crippen LogP contribution >= 0.6 is 0 Å². The second-order valence-electron chi connectivity index (χ2n) is 7.10. The fourth-order valence-electron chi connectivity index (χ4n) is 3.62. The van der Waals surface area contributed by atoms with Crippen LogP contribution in [-0.4, -0.2) is 55.3 Å². The zero-order chi connectivity index (χ0) is 18.8. The number of aromatic amines is 2. The van der Waals surface area contributed by atoms with Crippen LogP contribution in [-0.2, 0) is 17.6 Å². The van der Waals surface area contributed by atoms with Crippen LogP contribution in [0.4, 0.5) is 0 Å². The van der Waals surface area contributed by atoms with E-state index in [1.54, 1.807) is 11.8 Å². The van der Waals surface area contributed by atoms with Crippen LogP contribution < -0.4 is 5.69 Å². The van der Waals surface area contributed by atoms with Crippen LogP contribution in [0.5, 0.6) is 0 Å². The highest BCUT2D eigenvalue weighted by molar-refractivity contribution is 5.77. The van der Waals surface area contributed by atoms with Gasteiger partial charge in [-0.05, 0) is 45.2 Å². The number of hydrogen-bond acceptors (Lipinski definition) is 5. The first-order valence-corrected chi connectivity index (χ1v) is 8.86. The molecule has 0 spiro atoms. The maximum absolute atomic E-state index is 12.6. The molecule has 0 bridgehead atoms. The minimum Gasteiger partial charge on any atom is -0.391 e. The Bertz CT molecular complexity index is 831. The molecule has 2 aromatic rings. The SMILES string of the molecule is Cc1cc(C[C@@H]2CN(C(=O)CCc3c(C)nc(=O)[nH]c3C)C[C@H]2O)n[nH]1. The first kappa shape index (κ1) is 18.3. The zero-order valence-electron chi connectivity index (χ0n) is 15.4. The van der Waals surface area contributed by atoms with Gasteiger partial charge in [-0.15, -0.1) is 0 Å². The van der Waals surface area contributed by atoms with E-state index in [4.69, 9.17) is 0 Å². The molecular formula is C18H25N5O3. The third kappa shape index (κ3) is 4.01. The quantitative estimate of drug-likeness (QED) is 0.715. The molecule has 3 N–H and O–H groups in total. The van der Waals surface area contributed by atoms with Gasteiger partial charge in [0.2, 0.25) is 5.91 Å². The number of β-amino-alcohol motifs (C(OH)–C–C–N with tert-alkyl or cyclic N) is 1. The Morgan fingerprint density at radius 2 is 2.12 bits per heavy atom. The molecule has 0 saturated carbocycles. The monoisotopic (exact) mass is 359 g/mol. The highest BCUT2D eigenvalue weighted by atomic mass is 16.3. The van der Waals surface area contributed by atoms with E-state index in [2.05, 4.69) is 20.2 Å². The molecule has 1 fully saturated rings. The molecule has 140 valence electrons. The second-order valence-corrected chi connectivity index (χ2v) is 7.10. The van der Waals surface area contributed by atoms with Gasteiger partial charge in [-0.2, -0.15) is 10.1 Å². The Balaban J connectivity index is 1.58. The van der Waals surface area contributed by atoms with Crippen molar-refractivity contribution >= 4 is 5.91 Å². The summed E-state index contributed by atoms with van der Waals surface area (Å²) < 4.78 is 0. The lowest BCUT2D eigenvalue weighted by Gasteiger charge is -2.16. The summed E-state index contributed by atoms with van der Waals surface area (Å²) >= 11 is 0. The highest BCUT2D eigenvalue weighted by Crippen LogP contribution is 2.22. The molecule has 1 amide bonds. The van der Waals surface area contributed by atoms with Gasteiger partial charge in [0.05, 0.1) is 11.8 Å². The standard InChI is InChI=1S/C18H25N5O3/c1-10-6-14(22-21-10)7-13-8-23(9-16(13)24)17(25)5-4-15-11(2)19-18(26)20-12(15)3/h6,13,16,24H,4-5,7-9H2,1-3H3,(H,21,22)(H,19,20,26)/t13-,16-/m1/s1. The van der Waals surface area contributed by atoms with Crippen LogP contribution in [0.25, 0.3) is 0 Å². The lowest BCUT2D eigenvalue weighted by molar-refractivity contribution is -0.130. The van der Waals surface area contributed by atoms with Gasteiger partial charge in [-0.3, -0.25) is 9.89 Å². The fourth-order valence-corrected chi connectivity index (χ4v) is 3.62. The van der Waals surface area contributed by atoms with Crippen molar-refractivity contribution in [3.05, 3.63) is 44.9 Å². The minimum atomic E-state index is -0.533. The van der Waals surface area contributed by atoms with Gasteiger partial charge in [0, 0.05) is 42.5 Å². The van der Waals surface area contributed by atoms with E-state index in [-0.39, 0.29) is 17.5 Å².